The Morgan fingerprint density at radius 3 is 3.09 bits per heavy atom. The second-order valence-electron chi connectivity index (χ2n) is 5.99. The van der Waals surface area contributed by atoms with E-state index in [4.69, 9.17) is 4.74 Å². The molecule has 2 atom stereocenters. The number of nitrogens with zero attached hydrogens (tertiary/aromatic N) is 1. The summed E-state index contributed by atoms with van der Waals surface area (Å²) >= 11 is 0. The summed E-state index contributed by atoms with van der Waals surface area (Å²) in [7, 11) is 0. The molecule has 5 nitrogen and oxygen atoms in total. The Kier molecular flexibility index (Phi) is 4.97. The van der Waals surface area contributed by atoms with Crippen LogP contribution in [0.1, 0.15) is 19.3 Å². The van der Waals surface area contributed by atoms with Crippen molar-refractivity contribution in [3.63, 3.8) is 0 Å². The number of likely N-dealkylation sites (tertiary alicyclic amines) is 1. The maximum absolute atomic E-state index is 10.2. The predicted molar refractivity (Wildman–Crippen MR) is 86.1 cm³/mol. The van der Waals surface area contributed by atoms with Gasteiger partial charge < -0.3 is 19.9 Å². The van der Waals surface area contributed by atoms with Crippen molar-refractivity contribution in [2.75, 3.05) is 26.3 Å². The Morgan fingerprint density at radius 1 is 1.32 bits per heavy atom. The highest BCUT2D eigenvalue weighted by Gasteiger charge is 2.23. The number of H-pyrrole nitrogens is 1. The molecule has 0 aliphatic carbocycles. The van der Waals surface area contributed by atoms with Gasteiger partial charge in [-0.2, -0.15) is 0 Å². The van der Waals surface area contributed by atoms with Gasteiger partial charge in [0.2, 0.25) is 0 Å². The van der Waals surface area contributed by atoms with Crippen LogP contribution in [0.5, 0.6) is 5.75 Å². The van der Waals surface area contributed by atoms with Gasteiger partial charge in [0.15, 0.2) is 0 Å². The number of aliphatic hydroxyl groups excluding tert-OH is 2. The van der Waals surface area contributed by atoms with Crippen molar-refractivity contribution in [2.45, 2.75) is 31.4 Å². The van der Waals surface area contributed by atoms with Crippen LogP contribution in [-0.4, -0.2) is 58.5 Å². The minimum absolute atomic E-state index is 0.163. The molecule has 3 rings (SSSR count). The van der Waals surface area contributed by atoms with E-state index < -0.39 is 6.10 Å². The second kappa shape index (κ2) is 7.13. The number of aromatic amines is 1. The standard InChI is InChI=1S/C17H24N2O3/c20-11-13-4-1-2-9-19(13)10-14(21)12-22-17-6-3-5-16-15(17)7-8-18-16/h3,5-8,13-14,18,20-21H,1-2,4,9-12H2/t13-,14?/m1/s1. The summed E-state index contributed by atoms with van der Waals surface area (Å²) in [6, 6.07) is 8.01. The van der Waals surface area contributed by atoms with Crippen LogP contribution in [0.2, 0.25) is 0 Å². The summed E-state index contributed by atoms with van der Waals surface area (Å²) in [6.45, 7) is 1.92. The van der Waals surface area contributed by atoms with Crippen LogP contribution in [0.25, 0.3) is 10.9 Å². The molecule has 120 valence electrons. The molecule has 1 aliphatic heterocycles. The summed E-state index contributed by atoms with van der Waals surface area (Å²) in [5.41, 5.74) is 1.03. The van der Waals surface area contributed by atoms with E-state index in [0.717, 1.165) is 42.5 Å². The molecule has 0 saturated carbocycles. The lowest BCUT2D eigenvalue weighted by Crippen LogP contribution is -2.46. The number of hydrogen-bond acceptors (Lipinski definition) is 4. The van der Waals surface area contributed by atoms with Crippen LogP contribution < -0.4 is 4.74 Å². The smallest absolute Gasteiger partial charge is 0.128 e. The third-order valence-corrected chi connectivity index (χ3v) is 4.39. The SMILES string of the molecule is OC[C@H]1CCCCN1CC(O)COc1cccc2[nH]ccc12. The van der Waals surface area contributed by atoms with Gasteiger partial charge in [0.1, 0.15) is 18.5 Å². The lowest BCUT2D eigenvalue weighted by molar-refractivity contribution is 0.0234. The number of β-amino-alcohol motifs (C(OH)–C–C–N with tert-alkyl or cyclic N) is 1. The fourth-order valence-corrected chi connectivity index (χ4v) is 3.20. The lowest BCUT2D eigenvalue weighted by atomic mass is 10.0. The van der Waals surface area contributed by atoms with E-state index >= 15 is 0 Å². The molecule has 1 aliphatic rings. The molecule has 1 fully saturated rings. The summed E-state index contributed by atoms with van der Waals surface area (Å²) in [6.07, 6.45) is 4.62. The van der Waals surface area contributed by atoms with Gasteiger partial charge in [-0.05, 0) is 37.6 Å². The molecule has 2 heterocycles. The maximum Gasteiger partial charge on any atom is 0.128 e. The van der Waals surface area contributed by atoms with Crippen LogP contribution in [0, 0.1) is 0 Å². The van der Waals surface area contributed by atoms with E-state index in [0.29, 0.717) is 6.54 Å². The molecule has 0 bridgehead atoms. The van der Waals surface area contributed by atoms with Crippen LogP contribution in [0.15, 0.2) is 30.5 Å². The van der Waals surface area contributed by atoms with E-state index in [1.165, 1.54) is 0 Å². The van der Waals surface area contributed by atoms with E-state index in [1.807, 2.05) is 30.5 Å². The van der Waals surface area contributed by atoms with Crippen molar-refractivity contribution in [1.82, 2.24) is 9.88 Å². The van der Waals surface area contributed by atoms with Crippen LogP contribution in [-0.2, 0) is 0 Å². The summed E-state index contributed by atoms with van der Waals surface area (Å²) < 4.78 is 5.79. The highest BCUT2D eigenvalue weighted by molar-refractivity contribution is 5.85. The second-order valence-corrected chi connectivity index (χ2v) is 5.99. The number of aromatic nitrogens is 1. The first-order chi connectivity index (χ1) is 10.8. The Bertz CT molecular complexity index is 598. The number of ether oxygens (including phenoxy) is 1. The van der Waals surface area contributed by atoms with Gasteiger partial charge in [-0.25, -0.2) is 0 Å². The van der Waals surface area contributed by atoms with Crippen molar-refractivity contribution < 1.29 is 14.9 Å². The van der Waals surface area contributed by atoms with Crippen LogP contribution in [0.4, 0.5) is 0 Å². The molecule has 1 aromatic carbocycles. The average molecular weight is 304 g/mol. The normalized spacial score (nSPS) is 21.1. The molecule has 2 aromatic rings. The summed E-state index contributed by atoms with van der Waals surface area (Å²) in [5.74, 6) is 0.787. The minimum atomic E-state index is -0.554. The number of aliphatic hydroxyl groups is 2. The number of benzene rings is 1. The monoisotopic (exact) mass is 304 g/mol. The minimum Gasteiger partial charge on any atom is -0.490 e. The fraction of sp³-hybridized carbons (Fsp3) is 0.529. The van der Waals surface area contributed by atoms with Gasteiger partial charge in [-0.1, -0.05) is 12.5 Å². The third kappa shape index (κ3) is 3.43. The zero-order valence-electron chi connectivity index (χ0n) is 12.7. The first-order valence-electron chi connectivity index (χ1n) is 8.00. The van der Waals surface area contributed by atoms with Crippen LogP contribution in [0.3, 0.4) is 0 Å². The molecule has 3 N–H and O–H groups in total. The predicted octanol–water partition coefficient (Wildman–Crippen LogP) is 1.75. The van der Waals surface area contributed by atoms with Gasteiger partial charge in [0.25, 0.3) is 0 Å². The third-order valence-electron chi connectivity index (χ3n) is 4.39. The lowest BCUT2D eigenvalue weighted by Gasteiger charge is -2.35. The van der Waals surface area contributed by atoms with Gasteiger partial charge in [-0.15, -0.1) is 0 Å². The van der Waals surface area contributed by atoms with Gasteiger partial charge in [0.05, 0.1) is 6.61 Å². The van der Waals surface area contributed by atoms with E-state index in [1.54, 1.807) is 0 Å². The summed E-state index contributed by atoms with van der Waals surface area (Å²) in [4.78, 5) is 5.32. The number of hydrogen-bond donors (Lipinski definition) is 3. The van der Waals surface area contributed by atoms with Crippen molar-refractivity contribution in [2.24, 2.45) is 0 Å². The number of nitrogens with one attached hydrogen (secondary N) is 1. The van der Waals surface area contributed by atoms with Crippen molar-refractivity contribution in [3.05, 3.63) is 30.5 Å². The van der Waals surface area contributed by atoms with Crippen molar-refractivity contribution in [3.8, 4) is 5.75 Å². The zero-order chi connectivity index (χ0) is 15.4. The molecule has 0 radical (unpaired) electrons. The Morgan fingerprint density at radius 2 is 2.23 bits per heavy atom. The van der Waals surface area contributed by atoms with Gasteiger partial charge in [0, 0.05) is 29.7 Å². The quantitative estimate of drug-likeness (QED) is 0.760. The summed E-state index contributed by atoms with van der Waals surface area (Å²) in [5, 5.41) is 20.7. The van der Waals surface area contributed by atoms with Gasteiger partial charge in [-0.3, -0.25) is 4.90 Å². The van der Waals surface area contributed by atoms with Crippen molar-refractivity contribution in [1.29, 1.82) is 0 Å². The number of fused-ring (bicyclic) bond motifs is 1. The van der Waals surface area contributed by atoms with E-state index in [2.05, 4.69) is 9.88 Å². The molecule has 0 amide bonds. The zero-order valence-corrected chi connectivity index (χ0v) is 12.7. The highest BCUT2D eigenvalue weighted by Crippen LogP contribution is 2.24. The number of piperidine rings is 1. The Balaban J connectivity index is 1.55. The molecule has 1 unspecified atom stereocenters. The van der Waals surface area contributed by atoms with E-state index in [9.17, 15) is 10.2 Å². The topological polar surface area (TPSA) is 68.7 Å². The molecule has 1 saturated heterocycles. The largest absolute Gasteiger partial charge is 0.490 e. The molecule has 22 heavy (non-hydrogen) atoms. The van der Waals surface area contributed by atoms with Gasteiger partial charge >= 0.3 is 0 Å². The molecular formula is C17H24N2O3. The average Bonchev–Trinajstić information content (AvgIpc) is 3.02. The first kappa shape index (κ1) is 15.3. The van der Waals surface area contributed by atoms with Crippen LogP contribution >= 0.6 is 0 Å². The first-order valence-corrected chi connectivity index (χ1v) is 8.00. The highest BCUT2D eigenvalue weighted by atomic mass is 16.5. The fourth-order valence-electron chi connectivity index (χ4n) is 3.20. The molecule has 1 aromatic heterocycles. The van der Waals surface area contributed by atoms with Crippen molar-refractivity contribution >= 4 is 10.9 Å². The Labute approximate surface area is 130 Å². The molecular weight excluding hydrogens is 280 g/mol. The maximum atomic E-state index is 10.2. The van der Waals surface area contributed by atoms with E-state index in [-0.39, 0.29) is 19.3 Å². The molecule has 0 spiro atoms. The number of rotatable bonds is 6. The Hall–Kier alpha value is -1.56. The molecule has 5 heteroatoms.